The Bertz CT molecular complexity index is 1340. The third-order valence-electron chi connectivity index (χ3n) is 6.81. The first-order valence-electron chi connectivity index (χ1n) is 14.8. The molecule has 0 bridgehead atoms. The Morgan fingerprint density at radius 1 is 1.16 bits per heavy atom. The van der Waals surface area contributed by atoms with Gasteiger partial charge in [0.15, 0.2) is 0 Å². The highest BCUT2D eigenvalue weighted by molar-refractivity contribution is 5.98. The number of terminal acetylenes is 1. The molecule has 1 aromatic carbocycles. The van der Waals surface area contributed by atoms with Crippen molar-refractivity contribution in [1.29, 1.82) is 0 Å². The lowest BCUT2D eigenvalue weighted by molar-refractivity contribution is -0.127. The number of rotatable bonds is 15. The number of urea groups is 1. The average molecular weight is 591 g/mol. The highest BCUT2D eigenvalue weighted by Gasteiger charge is 2.31. The fraction of sp³-hybridized carbons (Fsp3) is 0.485. The van der Waals surface area contributed by atoms with E-state index >= 15 is 0 Å². The summed E-state index contributed by atoms with van der Waals surface area (Å²) in [5, 5.41) is 8.28. The van der Waals surface area contributed by atoms with E-state index in [4.69, 9.17) is 6.42 Å². The van der Waals surface area contributed by atoms with Crippen LogP contribution in [0.3, 0.4) is 0 Å². The minimum Gasteiger partial charge on any atom is -0.350 e. The third-order valence-corrected chi connectivity index (χ3v) is 6.81. The second kappa shape index (κ2) is 16.9. The zero-order chi connectivity index (χ0) is 32.0. The van der Waals surface area contributed by atoms with Crippen LogP contribution in [0.25, 0.3) is 0 Å². The van der Waals surface area contributed by atoms with Crippen molar-refractivity contribution in [2.75, 3.05) is 11.9 Å². The van der Waals surface area contributed by atoms with E-state index < -0.39 is 17.6 Å². The molecule has 43 heavy (non-hydrogen) atoms. The lowest BCUT2D eigenvalue weighted by Gasteiger charge is -2.32. The molecule has 2 rings (SSSR count). The van der Waals surface area contributed by atoms with Gasteiger partial charge >= 0.3 is 6.03 Å². The van der Waals surface area contributed by atoms with E-state index in [0.717, 1.165) is 31.2 Å². The molecule has 2 aromatic rings. The van der Waals surface area contributed by atoms with Gasteiger partial charge in [-0.2, -0.15) is 0 Å². The third kappa shape index (κ3) is 11.4. The quantitative estimate of drug-likeness (QED) is 0.169. The van der Waals surface area contributed by atoms with Crippen LogP contribution in [0, 0.1) is 12.3 Å². The van der Waals surface area contributed by atoms with Crippen molar-refractivity contribution in [2.24, 2.45) is 0 Å². The average Bonchev–Trinajstić information content (AvgIpc) is 2.95. The Morgan fingerprint density at radius 3 is 2.44 bits per heavy atom. The van der Waals surface area contributed by atoms with Crippen LogP contribution in [0.4, 0.5) is 10.7 Å². The number of amides is 4. The van der Waals surface area contributed by atoms with Crippen LogP contribution in [0.2, 0.25) is 0 Å². The van der Waals surface area contributed by atoms with E-state index in [1.165, 1.54) is 11.0 Å². The Balaban J connectivity index is 2.10. The largest absolute Gasteiger partial charge is 0.350 e. The molecule has 0 aliphatic heterocycles. The van der Waals surface area contributed by atoms with Gasteiger partial charge in [0.1, 0.15) is 6.04 Å². The second-order valence-corrected chi connectivity index (χ2v) is 11.5. The van der Waals surface area contributed by atoms with Crippen LogP contribution in [0.5, 0.6) is 0 Å². The SMILES string of the molecule is C#CCN(C(=O)c1ccc(CNC(=O)Nc2nc(C(CC)CCCC)cc(=O)[nH]2)cc1)C(CCC=C)C(=O)NC(C)(C)C. The number of benzene rings is 1. The van der Waals surface area contributed by atoms with Gasteiger partial charge in [-0.1, -0.05) is 50.8 Å². The van der Waals surface area contributed by atoms with Crippen LogP contribution in [-0.4, -0.2) is 50.8 Å². The van der Waals surface area contributed by atoms with Crippen molar-refractivity contribution in [3.8, 4) is 12.3 Å². The van der Waals surface area contributed by atoms with E-state index in [1.807, 2.05) is 20.8 Å². The molecule has 0 spiro atoms. The zero-order valence-electron chi connectivity index (χ0n) is 26.1. The monoisotopic (exact) mass is 590 g/mol. The summed E-state index contributed by atoms with van der Waals surface area (Å²) in [6.07, 6.45) is 12.1. The van der Waals surface area contributed by atoms with Crippen molar-refractivity contribution in [1.82, 2.24) is 25.5 Å². The topological polar surface area (TPSA) is 136 Å². The molecule has 0 fully saturated rings. The maximum Gasteiger partial charge on any atom is 0.321 e. The van der Waals surface area contributed by atoms with Gasteiger partial charge in [0.2, 0.25) is 11.9 Å². The van der Waals surface area contributed by atoms with Crippen LogP contribution in [0.15, 0.2) is 47.8 Å². The number of hydrogen-bond donors (Lipinski definition) is 4. The van der Waals surface area contributed by atoms with E-state index in [0.29, 0.717) is 24.1 Å². The number of aromatic amines is 1. The molecule has 0 aliphatic rings. The zero-order valence-corrected chi connectivity index (χ0v) is 26.1. The first-order chi connectivity index (χ1) is 20.4. The maximum absolute atomic E-state index is 13.5. The normalized spacial score (nSPS) is 12.4. The smallest absolute Gasteiger partial charge is 0.321 e. The number of unbranched alkanes of at least 4 members (excludes halogenated alkanes) is 1. The Morgan fingerprint density at radius 2 is 1.86 bits per heavy atom. The molecular formula is C33H46N6O4. The summed E-state index contributed by atoms with van der Waals surface area (Å²) in [6, 6.07) is 6.90. The molecule has 2 unspecified atom stereocenters. The van der Waals surface area contributed by atoms with Gasteiger partial charge in [-0.3, -0.25) is 24.7 Å². The van der Waals surface area contributed by atoms with E-state index in [-0.39, 0.29) is 42.3 Å². The molecular weight excluding hydrogens is 544 g/mol. The van der Waals surface area contributed by atoms with Crippen molar-refractivity contribution >= 4 is 23.8 Å². The molecule has 0 saturated carbocycles. The van der Waals surface area contributed by atoms with Gasteiger partial charge in [0, 0.05) is 29.6 Å². The molecule has 232 valence electrons. The predicted molar refractivity (Wildman–Crippen MR) is 171 cm³/mol. The fourth-order valence-electron chi connectivity index (χ4n) is 4.60. The minimum absolute atomic E-state index is 0.0311. The Hall–Kier alpha value is -4.39. The molecule has 4 amide bonds. The summed E-state index contributed by atoms with van der Waals surface area (Å²) in [7, 11) is 0. The highest BCUT2D eigenvalue weighted by atomic mass is 16.2. The van der Waals surface area contributed by atoms with Crippen LogP contribution >= 0.6 is 0 Å². The second-order valence-electron chi connectivity index (χ2n) is 11.5. The number of H-pyrrole nitrogens is 1. The summed E-state index contributed by atoms with van der Waals surface area (Å²) in [6.45, 7) is 13.7. The number of hydrogen-bond acceptors (Lipinski definition) is 5. The number of allylic oxidation sites excluding steroid dienone is 1. The van der Waals surface area contributed by atoms with Gasteiger partial charge in [0.05, 0.1) is 12.2 Å². The Labute approximate surface area is 255 Å². The van der Waals surface area contributed by atoms with Gasteiger partial charge in [0.25, 0.3) is 11.5 Å². The van der Waals surface area contributed by atoms with Crippen molar-refractivity contribution in [3.63, 3.8) is 0 Å². The number of carbonyl (C=O) groups is 3. The summed E-state index contributed by atoms with van der Waals surface area (Å²) in [4.78, 5) is 59.8. The summed E-state index contributed by atoms with van der Waals surface area (Å²) < 4.78 is 0. The minimum atomic E-state index is -0.761. The molecule has 10 nitrogen and oxygen atoms in total. The number of anilines is 1. The first-order valence-corrected chi connectivity index (χ1v) is 14.8. The van der Waals surface area contributed by atoms with E-state index in [2.05, 4.69) is 52.3 Å². The van der Waals surface area contributed by atoms with Gasteiger partial charge in [-0.15, -0.1) is 13.0 Å². The van der Waals surface area contributed by atoms with Crippen molar-refractivity contribution in [3.05, 3.63) is 70.2 Å². The van der Waals surface area contributed by atoms with Gasteiger partial charge in [-0.25, -0.2) is 9.78 Å². The van der Waals surface area contributed by atoms with Gasteiger partial charge in [-0.05, 0) is 64.2 Å². The maximum atomic E-state index is 13.5. The number of nitrogens with zero attached hydrogens (tertiary/aromatic N) is 2. The molecule has 1 heterocycles. The number of aromatic nitrogens is 2. The van der Waals surface area contributed by atoms with E-state index in [1.54, 1.807) is 30.3 Å². The number of carbonyl (C=O) groups excluding carboxylic acids is 3. The summed E-state index contributed by atoms with van der Waals surface area (Å²) in [5.41, 5.74) is 0.969. The summed E-state index contributed by atoms with van der Waals surface area (Å²) >= 11 is 0. The number of nitrogens with one attached hydrogen (secondary N) is 4. The van der Waals surface area contributed by atoms with Crippen LogP contribution < -0.4 is 21.5 Å². The molecule has 0 aliphatic carbocycles. The molecule has 1 aromatic heterocycles. The van der Waals surface area contributed by atoms with Crippen LogP contribution in [-0.2, 0) is 11.3 Å². The lowest BCUT2D eigenvalue weighted by atomic mass is 9.96. The molecule has 4 N–H and O–H groups in total. The van der Waals surface area contributed by atoms with E-state index in [9.17, 15) is 19.2 Å². The predicted octanol–water partition coefficient (Wildman–Crippen LogP) is 5.10. The van der Waals surface area contributed by atoms with Crippen molar-refractivity contribution < 1.29 is 14.4 Å². The van der Waals surface area contributed by atoms with Gasteiger partial charge < -0.3 is 15.5 Å². The Kier molecular flexibility index (Phi) is 13.7. The first kappa shape index (κ1) is 34.8. The standard InChI is InChI=1S/C33H46N6O4/c1-8-12-14-24(11-4)26-21-28(40)36-31(35-26)37-32(43)34-22-23-16-18-25(19-17-23)30(42)39(20-10-3)27(15-13-9-2)29(41)38-33(5,6)7/h3,9,16-19,21,24,27H,2,8,11-15,20,22H2,1,4-7H3,(H,38,41)(H3,34,35,36,37,40,43). The van der Waals surface area contributed by atoms with Crippen LogP contribution in [0.1, 0.15) is 101 Å². The molecule has 2 atom stereocenters. The lowest BCUT2D eigenvalue weighted by Crippen LogP contribution is -2.54. The summed E-state index contributed by atoms with van der Waals surface area (Å²) in [5.74, 6) is 2.09. The highest BCUT2D eigenvalue weighted by Crippen LogP contribution is 2.23. The fourth-order valence-corrected chi connectivity index (χ4v) is 4.60. The van der Waals surface area contributed by atoms with Crippen molar-refractivity contribution in [2.45, 2.75) is 97.2 Å². The molecule has 0 radical (unpaired) electrons. The molecule has 10 heteroatoms. The molecule has 0 saturated heterocycles.